The van der Waals surface area contributed by atoms with Crippen molar-refractivity contribution in [3.63, 3.8) is 0 Å². The minimum Gasteiger partial charge on any atom is -0.201 e. The molecule has 0 unspecified atom stereocenters. The predicted molar refractivity (Wildman–Crippen MR) is 87.3 cm³/mol. The molecule has 0 saturated heterocycles. The maximum Gasteiger partial charge on any atom is 0.274 e. The second kappa shape index (κ2) is 6.89. The first-order valence-corrected chi connectivity index (χ1v) is 8.45. The number of halogens is 2. The summed E-state index contributed by atoms with van der Waals surface area (Å²) >= 11 is 0. The summed E-state index contributed by atoms with van der Waals surface area (Å²) in [5.41, 5.74) is 2.94. The topological polar surface area (TPSA) is 0 Å². The number of alkyl halides is 2. The molecule has 0 N–H and O–H groups in total. The van der Waals surface area contributed by atoms with E-state index in [4.69, 9.17) is 0 Å². The molecular weight excluding hydrogens is 266 g/mol. The Bertz CT molecular complexity index is 469. The average Bonchev–Trinajstić information content (AvgIpc) is 3.02. The molecular formula is C19H30F2. The molecule has 0 aromatic heterocycles. The van der Waals surface area contributed by atoms with Crippen molar-refractivity contribution in [2.75, 3.05) is 0 Å². The van der Waals surface area contributed by atoms with Crippen molar-refractivity contribution in [2.24, 2.45) is 0 Å². The third kappa shape index (κ3) is 3.00. The molecule has 2 aliphatic rings. The zero-order chi connectivity index (χ0) is 16.3. The Morgan fingerprint density at radius 3 is 1.71 bits per heavy atom. The summed E-state index contributed by atoms with van der Waals surface area (Å²) in [4.78, 5) is 0. The van der Waals surface area contributed by atoms with Crippen molar-refractivity contribution >= 4 is 0 Å². The molecule has 1 saturated carbocycles. The summed E-state index contributed by atoms with van der Waals surface area (Å²) in [6.07, 6.45) is 4.13. The van der Waals surface area contributed by atoms with Gasteiger partial charge in [0.05, 0.1) is 0 Å². The SMILES string of the molecule is CC.CC.Cc1ccc(C)c2c1C(F)(F)CC21CCCC1. The van der Waals surface area contributed by atoms with Gasteiger partial charge in [0.2, 0.25) is 0 Å². The highest BCUT2D eigenvalue weighted by atomic mass is 19.3. The Morgan fingerprint density at radius 2 is 1.24 bits per heavy atom. The normalized spacial score (nSPS) is 20.2. The van der Waals surface area contributed by atoms with E-state index in [1.165, 1.54) is 0 Å². The van der Waals surface area contributed by atoms with E-state index in [1.807, 2.05) is 53.7 Å². The standard InChI is InChI=1S/C15H18F2.2C2H6/c1-10-5-6-11(2)13-12(10)14(7-3-4-8-14)9-15(13,16)17;2*1-2/h5-6H,3-4,7-9H2,1-2H3;2*1-2H3. The molecule has 0 radical (unpaired) electrons. The predicted octanol–water partition coefficient (Wildman–Crippen LogP) is 6.66. The van der Waals surface area contributed by atoms with E-state index in [0.29, 0.717) is 5.56 Å². The second-order valence-electron chi connectivity index (χ2n) is 5.82. The van der Waals surface area contributed by atoms with E-state index in [2.05, 4.69) is 0 Å². The first-order valence-electron chi connectivity index (χ1n) is 8.45. The van der Waals surface area contributed by atoms with E-state index in [0.717, 1.165) is 42.4 Å². The minimum absolute atomic E-state index is 0.0427. The zero-order valence-corrected chi connectivity index (χ0v) is 14.4. The van der Waals surface area contributed by atoms with Crippen molar-refractivity contribution in [3.05, 3.63) is 34.4 Å². The molecule has 3 rings (SSSR count). The molecule has 0 amide bonds. The summed E-state index contributed by atoms with van der Waals surface area (Å²) < 4.78 is 28.5. The second-order valence-corrected chi connectivity index (χ2v) is 5.82. The van der Waals surface area contributed by atoms with Gasteiger partial charge in [-0.05, 0) is 43.4 Å². The molecule has 1 aromatic rings. The van der Waals surface area contributed by atoms with Gasteiger partial charge in [0.15, 0.2) is 0 Å². The van der Waals surface area contributed by atoms with Gasteiger partial charge in [-0.15, -0.1) is 0 Å². The number of fused-ring (bicyclic) bond motifs is 2. The number of aryl methyl sites for hydroxylation is 2. The third-order valence-corrected chi connectivity index (χ3v) is 4.64. The van der Waals surface area contributed by atoms with Crippen LogP contribution >= 0.6 is 0 Å². The van der Waals surface area contributed by atoms with Crippen LogP contribution in [0.2, 0.25) is 0 Å². The lowest BCUT2D eigenvalue weighted by molar-refractivity contribution is -0.0178. The molecule has 2 heteroatoms. The van der Waals surface area contributed by atoms with Crippen LogP contribution in [0.1, 0.15) is 82.1 Å². The van der Waals surface area contributed by atoms with Crippen LogP contribution in [-0.4, -0.2) is 0 Å². The summed E-state index contributed by atoms with van der Waals surface area (Å²) in [6.45, 7) is 11.8. The maximum absolute atomic E-state index is 14.3. The largest absolute Gasteiger partial charge is 0.274 e. The lowest BCUT2D eigenvalue weighted by Crippen LogP contribution is -2.21. The Kier molecular flexibility index (Phi) is 5.95. The van der Waals surface area contributed by atoms with Gasteiger partial charge in [0, 0.05) is 17.4 Å². The van der Waals surface area contributed by atoms with Crippen molar-refractivity contribution < 1.29 is 8.78 Å². The van der Waals surface area contributed by atoms with Crippen LogP contribution in [0.3, 0.4) is 0 Å². The van der Waals surface area contributed by atoms with Crippen molar-refractivity contribution in [3.8, 4) is 0 Å². The van der Waals surface area contributed by atoms with Crippen molar-refractivity contribution in [1.82, 2.24) is 0 Å². The van der Waals surface area contributed by atoms with Crippen LogP contribution in [-0.2, 0) is 11.3 Å². The van der Waals surface area contributed by atoms with E-state index >= 15 is 0 Å². The highest BCUT2D eigenvalue weighted by Gasteiger charge is 2.55. The van der Waals surface area contributed by atoms with Gasteiger partial charge < -0.3 is 0 Å². The van der Waals surface area contributed by atoms with Gasteiger partial charge in [-0.2, -0.15) is 0 Å². The molecule has 0 aliphatic heterocycles. The number of benzene rings is 1. The Hall–Kier alpha value is -0.920. The number of hydrogen-bond acceptors (Lipinski definition) is 0. The average molecular weight is 296 g/mol. The van der Waals surface area contributed by atoms with E-state index in [-0.39, 0.29) is 11.8 Å². The minimum atomic E-state index is -2.62. The highest BCUT2D eigenvalue weighted by Crippen LogP contribution is 2.59. The van der Waals surface area contributed by atoms with Crippen molar-refractivity contribution in [2.45, 2.75) is 85.0 Å². The van der Waals surface area contributed by atoms with Crippen LogP contribution in [0.5, 0.6) is 0 Å². The quantitative estimate of drug-likeness (QED) is 0.502. The molecule has 1 fully saturated rings. The zero-order valence-electron chi connectivity index (χ0n) is 14.4. The van der Waals surface area contributed by atoms with Crippen LogP contribution < -0.4 is 0 Å². The van der Waals surface area contributed by atoms with E-state index in [1.54, 1.807) is 0 Å². The fourth-order valence-electron chi connectivity index (χ4n) is 4.05. The van der Waals surface area contributed by atoms with Gasteiger partial charge in [0.25, 0.3) is 5.92 Å². The molecule has 120 valence electrons. The van der Waals surface area contributed by atoms with Gasteiger partial charge >= 0.3 is 0 Å². The van der Waals surface area contributed by atoms with Crippen molar-refractivity contribution in [1.29, 1.82) is 0 Å². The first kappa shape index (κ1) is 18.1. The summed E-state index contributed by atoms with van der Waals surface area (Å²) in [5, 5.41) is 0. The van der Waals surface area contributed by atoms with Crippen LogP contribution in [0.15, 0.2) is 12.1 Å². The molecule has 1 spiro atoms. The van der Waals surface area contributed by atoms with Crippen LogP contribution in [0, 0.1) is 13.8 Å². The molecule has 0 bridgehead atoms. The number of hydrogen-bond donors (Lipinski definition) is 0. The van der Waals surface area contributed by atoms with Gasteiger partial charge in [0.1, 0.15) is 0 Å². The monoisotopic (exact) mass is 296 g/mol. The first-order chi connectivity index (χ1) is 9.96. The van der Waals surface area contributed by atoms with Crippen LogP contribution in [0.4, 0.5) is 8.78 Å². The fourth-order valence-corrected chi connectivity index (χ4v) is 4.05. The van der Waals surface area contributed by atoms with Crippen LogP contribution in [0.25, 0.3) is 0 Å². The summed E-state index contributed by atoms with van der Waals surface area (Å²) in [7, 11) is 0. The molecule has 0 heterocycles. The lowest BCUT2D eigenvalue weighted by Gasteiger charge is -2.25. The Labute approximate surface area is 129 Å². The smallest absolute Gasteiger partial charge is 0.201 e. The lowest BCUT2D eigenvalue weighted by atomic mass is 9.78. The number of rotatable bonds is 0. The third-order valence-electron chi connectivity index (χ3n) is 4.64. The fraction of sp³-hybridized carbons (Fsp3) is 0.684. The molecule has 21 heavy (non-hydrogen) atoms. The molecule has 0 nitrogen and oxygen atoms in total. The maximum atomic E-state index is 14.3. The van der Waals surface area contributed by atoms with E-state index < -0.39 is 5.92 Å². The van der Waals surface area contributed by atoms with Gasteiger partial charge in [-0.25, -0.2) is 8.78 Å². The summed E-state index contributed by atoms with van der Waals surface area (Å²) in [6, 6.07) is 3.85. The molecule has 2 aliphatic carbocycles. The Balaban J connectivity index is 0.000000510. The molecule has 1 aromatic carbocycles. The highest BCUT2D eigenvalue weighted by molar-refractivity contribution is 5.52. The van der Waals surface area contributed by atoms with Gasteiger partial charge in [-0.1, -0.05) is 52.7 Å². The molecule has 0 atom stereocenters. The Morgan fingerprint density at radius 1 is 0.810 bits per heavy atom. The summed E-state index contributed by atoms with van der Waals surface area (Å²) in [5.74, 6) is -2.62. The van der Waals surface area contributed by atoms with Gasteiger partial charge in [-0.3, -0.25) is 0 Å². The van der Waals surface area contributed by atoms with E-state index in [9.17, 15) is 8.78 Å².